The molecule has 0 radical (unpaired) electrons. The van der Waals surface area contributed by atoms with Crippen LogP contribution in [0.3, 0.4) is 0 Å². The number of hydrogen-bond donors (Lipinski definition) is 8. The average Bonchev–Trinajstić information content (AvgIpc) is 3.55. The molecule has 16 heteroatoms. The summed E-state index contributed by atoms with van der Waals surface area (Å²) in [6.45, 7) is 3.33. The summed E-state index contributed by atoms with van der Waals surface area (Å²) in [5.41, 5.74) is 2.22. The van der Waals surface area contributed by atoms with E-state index >= 15 is 0 Å². The minimum atomic E-state index is -1.47. The second kappa shape index (κ2) is 18.6. The molecule has 8 N–H and O–H groups in total. The van der Waals surface area contributed by atoms with E-state index in [1.807, 2.05) is 50.4 Å². The van der Waals surface area contributed by atoms with Gasteiger partial charge in [0, 0.05) is 36.5 Å². The van der Waals surface area contributed by atoms with Crippen LogP contribution in [-0.4, -0.2) is 101 Å². The maximum atomic E-state index is 14.3. The van der Waals surface area contributed by atoms with Gasteiger partial charge in [0.1, 0.15) is 36.3 Å². The van der Waals surface area contributed by atoms with Gasteiger partial charge in [0.15, 0.2) is 0 Å². The topological polar surface area (TPSA) is 219 Å². The van der Waals surface area contributed by atoms with Crippen LogP contribution < -0.4 is 37.2 Å². The van der Waals surface area contributed by atoms with Gasteiger partial charge in [-0.2, -0.15) is 11.8 Å². The fraction of sp³-hybridized carbons (Fsp3) is 0.447. The van der Waals surface area contributed by atoms with Gasteiger partial charge in [-0.1, -0.05) is 62.4 Å². The molecule has 0 aliphatic carbocycles. The van der Waals surface area contributed by atoms with Crippen molar-refractivity contribution in [2.24, 2.45) is 5.92 Å². The zero-order chi connectivity index (χ0) is 38.8. The number of aromatic amines is 1. The molecule has 6 unspecified atom stereocenters. The maximum Gasteiger partial charge on any atom is 0.245 e. The zero-order valence-corrected chi connectivity index (χ0v) is 31.3. The minimum Gasteiger partial charge on any atom is -0.361 e. The van der Waals surface area contributed by atoms with E-state index in [1.54, 1.807) is 30.5 Å². The molecule has 1 aromatic heterocycles. The Morgan fingerprint density at radius 1 is 0.648 bits per heavy atom. The third-order valence-electron chi connectivity index (χ3n) is 9.39. The Labute approximate surface area is 317 Å². The summed E-state index contributed by atoms with van der Waals surface area (Å²) in [5, 5.41) is 19.8. The van der Waals surface area contributed by atoms with Crippen LogP contribution in [0.2, 0.25) is 0 Å². The number of fused-ring (bicyclic) bond motifs is 6. The Morgan fingerprint density at radius 2 is 1.22 bits per heavy atom. The van der Waals surface area contributed by atoms with Crippen LogP contribution in [0.1, 0.15) is 44.2 Å². The van der Waals surface area contributed by atoms with Crippen molar-refractivity contribution in [2.45, 2.75) is 82.2 Å². The van der Waals surface area contributed by atoms with E-state index in [4.69, 9.17) is 0 Å². The Balaban J connectivity index is 1.58. The molecule has 2 aromatic carbocycles. The molecule has 3 aromatic rings. The molecule has 288 valence electrons. The molecule has 54 heavy (non-hydrogen) atoms. The van der Waals surface area contributed by atoms with E-state index in [-0.39, 0.29) is 31.6 Å². The normalized spacial score (nSPS) is 24.9. The quantitative estimate of drug-likeness (QED) is 0.150. The first kappa shape index (κ1) is 39.8. The summed E-state index contributed by atoms with van der Waals surface area (Å²) in [5.74, 6) is -4.59. The average molecular weight is 761 g/mol. The molecule has 15 nitrogen and oxygen atoms in total. The molecule has 2 aliphatic rings. The van der Waals surface area contributed by atoms with Gasteiger partial charge in [-0.15, -0.1) is 0 Å². The number of amides is 7. The van der Waals surface area contributed by atoms with Gasteiger partial charge >= 0.3 is 0 Å². The van der Waals surface area contributed by atoms with Gasteiger partial charge in [-0.05, 0) is 48.0 Å². The van der Waals surface area contributed by atoms with Gasteiger partial charge < -0.3 is 42.2 Å². The molecular weight excluding hydrogens is 713 g/mol. The van der Waals surface area contributed by atoms with Crippen molar-refractivity contribution in [3.63, 3.8) is 0 Å². The third kappa shape index (κ3) is 10.6. The van der Waals surface area contributed by atoms with E-state index in [2.05, 4.69) is 42.2 Å². The number of H-pyrrole nitrogens is 1. The van der Waals surface area contributed by atoms with Crippen LogP contribution in [0.25, 0.3) is 10.9 Å². The van der Waals surface area contributed by atoms with E-state index < -0.39 is 90.6 Å². The predicted octanol–water partition coefficient (Wildman–Crippen LogP) is 0.195. The van der Waals surface area contributed by atoms with E-state index in [0.717, 1.165) is 10.9 Å². The summed E-state index contributed by atoms with van der Waals surface area (Å²) in [7, 11) is 0. The molecule has 0 saturated carbocycles. The summed E-state index contributed by atoms with van der Waals surface area (Å²) in [6, 6.07) is 8.84. The van der Waals surface area contributed by atoms with Crippen molar-refractivity contribution in [2.75, 3.05) is 18.6 Å². The van der Waals surface area contributed by atoms with E-state index in [0.29, 0.717) is 16.9 Å². The lowest BCUT2D eigenvalue weighted by atomic mass is 10.00. The molecular formula is C38H48N8O7S. The molecule has 2 aliphatic heterocycles. The number of rotatable bonds is 9. The first-order chi connectivity index (χ1) is 25.9. The summed E-state index contributed by atoms with van der Waals surface area (Å²) in [6.07, 6.45) is 3.42. The predicted molar refractivity (Wildman–Crippen MR) is 204 cm³/mol. The number of hydrogen-bond acceptors (Lipinski definition) is 8. The highest BCUT2D eigenvalue weighted by Gasteiger charge is 2.37. The highest BCUT2D eigenvalue weighted by atomic mass is 32.2. The number of aromatic nitrogens is 1. The third-order valence-corrected chi connectivity index (χ3v) is 10.0. The van der Waals surface area contributed by atoms with Crippen molar-refractivity contribution in [1.29, 1.82) is 0 Å². The monoisotopic (exact) mass is 760 g/mol. The molecule has 3 heterocycles. The van der Waals surface area contributed by atoms with Crippen molar-refractivity contribution >= 4 is 64.0 Å². The molecule has 0 spiro atoms. The number of carbonyl (C=O) groups is 7. The number of carbonyl (C=O) groups excluding carboxylic acids is 7. The van der Waals surface area contributed by atoms with Gasteiger partial charge in [-0.3, -0.25) is 33.6 Å². The van der Waals surface area contributed by atoms with Gasteiger partial charge in [0.2, 0.25) is 41.4 Å². The van der Waals surface area contributed by atoms with Crippen LogP contribution in [-0.2, 0) is 46.4 Å². The lowest BCUT2D eigenvalue weighted by Crippen LogP contribution is -2.64. The van der Waals surface area contributed by atoms with Crippen molar-refractivity contribution in [3.05, 3.63) is 71.9 Å². The first-order valence-corrected chi connectivity index (χ1v) is 19.5. The van der Waals surface area contributed by atoms with Crippen LogP contribution in [0.15, 0.2) is 60.8 Å². The number of thioether (sulfide) groups is 1. The molecule has 6 atom stereocenters. The minimum absolute atomic E-state index is 0.0111. The van der Waals surface area contributed by atoms with Crippen molar-refractivity contribution in [3.8, 4) is 0 Å². The second-order valence-electron chi connectivity index (χ2n) is 14.0. The SMILES string of the molecule is CSCCC1NC(=O)C(CC(C)C)NC(=O)C2CNC(=O)CC(NC1=O)C(=O)NC(Cc1c[nH]c3ccccc13)C(=O)NC(Cc1ccccc1)C(=O)N2. The molecule has 2 fully saturated rings. The highest BCUT2D eigenvalue weighted by molar-refractivity contribution is 7.98. The Morgan fingerprint density at radius 3 is 1.96 bits per heavy atom. The number of benzene rings is 2. The van der Waals surface area contributed by atoms with Crippen molar-refractivity contribution < 1.29 is 33.6 Å². The van der Waals surface area contributed by atoms with Gasteiger partial charge in [0.05, 0.1) is 6.42 Å². The van der Waals surface area contributed by atoms with Gasteiger partial charge in [-0.25, -0.2) is 0 Å². The van der Waals surface area contributed by atoms with Crippen LogP contribution in [0.4, 0.5) is 0 Å². The zero-order valence-electron chi connectivity index (χ0n) is 30.5. The van der Waals surface area contributed by atoms with Gasteiger partial charge in [0.25, 0.3) is 0 Å². The summed E-state index contributed by atoms with van der Waals surface area (Å²) < 4.78 is 0. The van der Waals surface area contributed by atoms with Crippen LogP contribution in [0, 0.1) is 5.92 Å². The first-order valence-electron chi connectivity index (χ1n) is 18.1. The molecule has 7 amide bonds. The van der Waals surface area contributed by atoms with E-state index in [9.17, 15) is 33.6 Å². The fourth-order valence-corrected chi connectivity index (χ4v) is 6.99. The Hall–Kier alpha value is -5.38. The number of para-hydroxylation sites is 1. The fourth-order valence-electron chi connectivity index (χ4n) is 6.52. The molecule has 5 rings (SSSR count). The Kier molecular flexibility index (Phi) is 13.7. The smallest absolute Gasteiger partial charge is 0.245 e. The summed E-state index contributed by atoms with van der Waals surface area (Å²) >= 11 is 1.45. The number of nitrogens with one attached hydrogen (secondary N) is 8. The van der Waals surface area contributed by atoms with Crippen LogP contribution in [0.5, 0.6) is 0 Å². The maximum absolute atomic E-state index is 14.3. The summed E-state index contributed by atoms with van der Waals surface area (Å²) in [4.78, 5) is 101. The lowest BCUT2D eigenvalue weighted by Gasteiger charge is -2.30. The second-order valence-corrected chi connectivity index (χ2v) is 15.0. The Bertz CT molecular complexity index is 1850. The lowest BCUT2D eigenvalue weighted by molar-refractivity contribution is -0.138. The highest BCUT2D eigenvalue weighted by Crippen LogP contribution is 2.20. The largest absolute Gasteiger partial charge is 0.361 e. The molecule has 2 saturated heterocycles. The molecule has 2 bridgehead atoms. The standard InChI is InChI=1S/C38H48N8O7S/c1-21(2)15-27-34(49)41-26(13-14-54-3)33(48)45-30-18-32(47)40-20-31(38(53)42-27)46-35(50)28(16-22-9-5-4-6-10-22)43-36(51)29(44-37(30)52)17-23-19-39-25-12-8-7-11-24(23)25/h4-12,19,21,26-31,39H,13-18,20H2,1-3H3,(H,40,47)(H,41,49)(H,42,53)(H,43,51)(H,44,52)(H,45,48)(H,46,50). The van der Waals surface area contributed by atoms with Crippen molar-refractivity contribution in [1.82, 2.24) is 42.2 Å². The van der Waals surface area contributed by atoms with Crippen LogP contribution >= 0.6 is 11.8 Å². The van der Waals surface area contributed by atoms with E-state index in [1.165, 1.54) is 11.8 Å².